The summed E-state index contributed by atoms with van der Waals surface area (Å²) in [5, 5.41) is 0. The van der Waals surface area contributed by atoms with Crippen molar-refractivity contribution in [1.82, 2.24) is 4.90 Å². The number of ketones is 1. The molecule has 0 N–H and O–H groups in total. The Morgan fingerprint density at radius 3 is 2.73 bits per heavy atom. The van der Waals surface area contributed by atoms with E-state index >= 15 is 0 Å². The molecule has 0 heterocycles. The number of Topliss-reactive ketones (excluding diaryl/α,β-unsaturated/α-hetero) is 1. The van der Waals surface area contributed by atoms with Crippen LogP contribution in [0.3, 0.4) is 0 Å². The predicted octanol–water partition coefficient (Wildman–Crippen LogP) is 2.54. The second kappa shape index (κ2) is 5.93. The molecule has 0 bridgehead atoms. The van der Waals surface area contributed by atoms with Gasteiger partial charge in [0.15, 0.2) is 5.78 Å². The lowest BCUT2D eigenvalue weighted by atomic mass is 10.2. The molecule has 0 saturated carbocycles. The Morgan fingerprint density at radius 1 is 1.40 bits per heavy atom. The number of carbonyl (C=O) groups is 1. The number of hydrogen-bond acceptors (Lipinski definition) is 3. The van der Waals surface area contributed by atoms with Crippen molar-refractivity contribution in [3.8, 4) is 0 Å². The van der Waals surface area contributed by atoms with Gasteiger partial charge in [0, 0.05) is 22.8 Å². The first kappa shape index (κ1) is 12.3. The van der Waals surface area contributed by atoms with Crippen molar-refractivity contribution < 1.29 is 4.79 Å². The molecule has 0 amide bonds. The normalized spacial score (nSPS) is 10.7. The van der Waals surface area contributed by atoms with Crippen LogP contribution in [-0.2, 0) is 0 Å². The molecule has 0 atom stereocenters. The first-order valence-electron chi connectivity index (χ1n) is 4.98. The molecular formula is C12H17NOS. The van der Waals surface area contributed by atoms with Crippen molar-refractivity contribution in [3.05, 3.63) is 29.8 Å². The van der Waals surface area contributed by atoms with Crippen LogP contribution >= 0.6 is 11.8 Å². The first-order valence-corrected chi connectivity index (χ1v) is 5.96. The van der Waals surface area contributed by atoms with Gasteiger partial charge in [-0.15, -0.1) is 11.8 Å². The zero-order valence-corrected chi connectivity index (χ0v) is 10.3. The Bertz CT molecular complexity index is 336. The van der Waals surface area contributed by atoms with Gasteiger partial charge in [-0.25, -0.2) is 0 Å². The van der Waals surface area contributed by atoms with Gasteiger partial charge in [-0.3, -0.25) is 4.79 Å². The predicted molar refractivity (Wildman–Crippen MR) is 65.7 cm³/mol. The van der Waals surface area contributed by atoms with Crippen LogP contribution in [0.5, 0.6) is 0 Å². The highest BCUT2D eigenvalue weighted by Crippen LogP contribution is 2.19. The summed E-state index contributed by atoms with van der Waals surface area (Å²) in [4.78, 5) is 14.5. The average Bonchev–Trinajstić information content (AvgIpc) is 2.17. The van der Waals surface area contributed by atoms with Crippen LogP contribution in [0, 0.1) is 0 Å². The zero-order chi connectivity index (χ0) is 11.3. The van der Waals surface area contributed by atoms with E-state index in [0.29, 0.717) is 0 Å². The highest BCUT2D eigenvalue weighted by Gasteiger charge is 2.00. The van der Waals surface area contributed by atoms with E-state index < -0.39 is 0 Å². The molecule has 2 nitrogen and oxygen atoms in total. The third-order valence-electron chi connectivity index (χ3n) is 2.05. The molecule has 3 heteroatoms. The highest BCUT2D eigenvalue weighted by molar-refractivity contribution is 7.99. The minimum atomic E-state index is 0.130. The van der Waals surface area contributed by atoms with Gasteiger partial charge in [-0.1, -0.05) is 12.1 Å². The summed E-state index contributed by atoms with van der Waals surface area (Å²) in [6.45, 7) is 2.65. The van der Waals surface area contributed by atoms with Gasteiger partial charge >= 0.3 is 0 Å². The first-order chi connectivity index (χ1) is 7.09. The molecule has 15 heavy (non-hydrogen) atoms. The molecule has 0 saturated heterocycles. The van der Waals surface area contributed by atoms with Gasteiger partial charge in [0.2, 0.25) is 0 Å². The fourth-order valence-electron chi connectivity index (χ4n) is 1.15. The van der Waals surface area contributed by atoms with Crippen LogP contribution in [0.1, 0.15) is 17.3 Å². The molecule has 0 aliphatic heterocycles. The molecule has 0 unspecified atom stereocenters. The largest absolute Gasteiger partial charge is 0.309 e. The van der Waals surface area contributed by atoms with Crippen molar-refractivity contribution >= 4 is 17.5 Å². The SMILES string of the molecule is CC(=O)c1cccc(SCCN(C)C)c1. The Balaban J connectivity index is 2.54. The smallest absolute Gasteiger partial charge is 0.159 e. The van der Waals surface area contributed by atoms with E-state index in [9.17, 15) is 4.79 Å². The topological polar surface area (TPSA) is 20.3 Å². The van der Waals surface area contributed by atoms with Gasteiger partial charge < -0.3 is 4.90 Å². The van der Waals surface area contributed by atoms with E-state index in [-0.39, 0.29) is 5.78 Å². The second-order valence-electron chi connectivity index (χ2n) is 3.74. The van der Waals surface area contributed by atoms with Crippen LogP contribution in [-0.4, -0.2) is 37.1 Å². The maximum atomic E-state index is 11.2. The quantitative estimate of drug-likeness (QED) is 0.565. The van der Waals surface area contributed by atoms with Gasteiger partial charge in [0.05, 0.1) is 0 Å². The summed E-state index contributed by atoms with van der Waals surface area (Å²) in [6.07, 6.45) is 0. The number of carbonyl (C=O) groups excluding carboxylic acids is 1. The van der Waals surface area contributed by atoms with Crippen molar-refractivity contribution in [1.29, 1.82) is 0 Å². The molecule has 1 rings (SSSR count). The minimum Gasteiger partial charge on any atom is -0.309 e. The second-order valence-corrected chi connectivity index (χ2v) is 4.90. The molecule has 0 spiro atoms. The Kier molecular flexibility index (Phi) is 4.85. The standard InChI is InChI=1S/C12H17NOS/c1-10(14)11-5-4-6-12(9-11)15-8-7-13(2)3/h4-6,9H,7-8H2,1-3H3. The third-order valence-corrected chi connectivity index (χ3v) is 3.02. The fourth-order valence-corrected chi connectivity index (χ4v) is 2.23. The van der Waals surface area contributed by atoms with Gasteiger partial charge in [0.1, 0.15) is 0 Å². The Labute approximate surface area is 95.7 Å². The van der Waals surface area contributed by atoms with Crippen LogP contribution in [0.25, 0.3) is 0 Å². The summed E-state index contributed by atoms with van der Waals surface area (Å²) in [5.74, 6) is 1.18. The van der Waals surface area contributed by atoms with E-state index in [4.69, 9.17) is 0 Å². The lowest BCUT2D eigenvalue weighted by Crippen LogP contribution is -2.14. The van der Waals surface area contributed by atoms with Crippen molar-refractivity contribution in [2.24, 2.45) is 0 Å². The summed E-state index contributed by atoms with van der Waals surface area (Å²) in [7, 11) is 4.12. The molecule has 0 radical (unpaired) electrons. The summed E-state index contributed by atoms with van der Waals surface area (Å²) < 4.78 is 0. The molecule has 0 aliphatic rings. The number of benzene rings is 1. The molecular weight excluding hydrogens is 206 g/mol. The zero-order valence-electron chi connectivity index (χ0n) is 9.49. The summed E-state index contributed by atoms with van der Waals surface area (Å²) in [5.41, 5.74) is 0.796. The molecule has 82 valence electrons. The van der Waals surface area contributed by atoms with Crippen LogP contribution in [0.4, 0.5) is 0 Å². The molecule has 1 aromatic rings. The van der Waals surface area contributed by atoms with E-state index in [2.05, 4.69) is 19.0 Å². The average molecular weight is 223 g/mol. The van der Waals surface area contributed by atoms with Crippen molar-refractivity contribution in [3.63, 3.8) is 0 Å². The van der Waals surface area contributed by atoms with Gasteiger partial charge in [0.25, 0.3) is 0 Å². The molecule has 1 aromatic carbocycles. The Hall–Kier alpha value is -0.800. The summed E-state index contributed by atoms with van der Waals surface area (Å²) in [6, 6.07) is 7.81. The minimum absolute atomic E-state index is 0.130. The lowest BCUT2D eigenvalue weighted by molar-refractivity contribution is 0.101. The van der Waals surface area contributed by atoms with Crippen LogP contribution in [0.15, 0.2) is 29.2 Å². The van der Waals surface area contributed by atoms with Crippen molar-refractivity contribution in [2.45, 2.75) is 11.8 Å². The maximum absolute atomic E-state index is 11.2. The van der Waals surface area contributed by atoms with Gasteiger partial charge in [-0.05, 0) is 33.2 Å². The lowest BCUT2D eigenvalue weighted by Gasteiger charge is -2.08. The number of hydrogen-bond donors (Lipinski definition) is 0. The van der Waals surface area contributed by atoms with E-state index in [1.54, 1.807) is 18.7 Å². The third kappa shape index (κ3) is 4.49. The fraction of sp³-hybridized carbons (Fsp3) is 0.417. The Morgan fingerprint density at radius 2 is 2.13 bits per heavy atom. The monoisotopic (exact) mass is 223 g/mol. The van der Waals surface area contributed by atoms with E-state index in [0.717, 1.165) is 17.9 Å². The molecule has 0 aliphatic carbocycles. The van der Waals surface area contributed by atoms with E-state index in [1.807, 2.05) is 24.3 Å². The number of thioether (sulfide) groups is 1. The molecule has 0 fully saturated rings. The maximum Gasteiger partial charge on any atom is 0.159 e. The summed E-state index contributed by atoms with van der Waals surface area (Å²) >= 11 is 1.79. The number of nitrogens with zero attached hydrogens (tertiary/aromatic N) is 1. The van der Waals surface area contributed by atoms with Crippen LogP contribution < -0.4 is 0 Å². The number of rotatable bonds is 5. The van der Waals surface area contributed by atoms with E-state index in [1.165, 1.54) is 4.90 Å². The van der Waals surface area contributed by atoms with Crippen molar-refractivity contribution in [2.75, 3.05) is 26.4 Å². The van der Waals surface area contributed by atoms with Crippen LogP contribution in [0.2, 0.25) is 0 Å². The van der Waals surface area contributed by atoms with Gasteiger partial charge in [-0.2, -0.15) is 0 Å². The highest BCUT2D eigenvalue weighted by atomic mass is 32.2. The molecule has 0 aromatic heterocycles.